The molecule has 0 aliphatic rings. The summed E-state index contributed by atoms with van der Waals surface area (Å²) < 4.78 is 0.790. The summed E-state index contributed by atoms with van der Waals surface area (Å²) >= 11 is 9.30. The number of amides is 1. The Morgan fingerprint density at radius 3 is 2.60 bits per heavy atom. The van der Waals surface area contributed by atoms with E-state index in [0.717, 1.165) is 15.6 Å². The maximum Gasteiger partial charge on any atom is 0.251 e. The molecule has 1 N–H and O–H groups in total. The number of aryl methyl sites for hydroxylation is 1. The lowest BCUT2D eigenvalue weighted by atomic mass is 10.0. The fourth-order valence-corrected chi connectivity index (χ4v) is 2.98. The molecule has 20 heavy (non-hydrogen) atoms. The molecule has 0 saturated heterocycles. The molecule has 2 aromatic rings. The molecule has 0 aliphatic carbocycles. The van der Waals surface area contributed by atoms with Crippen LogP contribution in [0.4, 0.5) is 0 Å². The zero-order valence-corrected chi connectivity index (χ0v) is 13.6. The average molecular weight is 353 g/mol. The molecule has 1 amide bonds. The predicted octanol–water partition coefficient (Wildman–Crippen LogP) is 4.90. The summed E-state index contributed by atoms with van der Waals surface area (Å²) in [5.41, 5.74) is 2.82. The first kappa shape index (κ1) is 15.1. The third kappa shape index (κ3) is 3.62. The largest absolute Gasteiger partial charge is 0.346 e. The topological polar surface area (TPSA) is 29.1 Å². The van der Waals surface area contributed by atoms with Gasteiger partial charge in [-0.2, -0.15) is 0 Å². The second kappa shape index (κ2) is 6.42. The Balaban J connectivity index is 2.17. The fraction of sp³-hybridized carbons (Fsp3) is 0.188. The van der Waals surface area contributed by atoms with Crippen molar-refractivity contribution in [3.8, 4) is 0 Å². The van der Waals surface area contributed by atoms with E-state index in [9.17, 15) is 4.79 Å². The van der Waals surface area contributed by atoms with Crippen molar-refractivity contribution in [2.24, 2.45) is 0 Å². The summed E-state index contributed by atoms with van der Waals surface area (Å²) in [6.45, 7) is 4.01. The van der Waals surface area contributed by atoms with E-state index in [-0.39, 0.29) is 11.9 Å². The van der Waals surface area contributed by atoms with Crippen molar-refractivity contribution in [1.29, 1.82) is 0 Å². The number of rotatable bonds is 3. The minimum absolute atomic E-state index is 0.0542. The Morgan fingerprint density at radius 2 is 1.95 bits per heavy atom. The predicted molar refractivity (Wildman–Crippen MR) is 86.2 cm³/mol. The molecule has 4 heteroatoms. The van der Waals surface area contributed by atoms with Crippen molar-refractivity contribution in [2.45, 2.75) is 19.9 Å². The van der Waals surface area contributed by atoms with E-state index >= 15 is 0 Å². The summed E-state index contributed by atoms with van der Waals surface area (Å²) in [4.78, 5) is 12.3. The molecule has 0 radical (unpaired) electrons. The van der Waals surface area contributed by atoms with E-state index in [1.54, 1.807) is 18.2 Å². The zero-order valence-electron chi connectivity index (χ0n) is 11.3. The van der Waals surface area contributed by atoms with Gasteiger partial charge >= 0.3 is 0 Å². The zero-order chi connectivity index (χ0) is 14.7. The average Bonchev–Trinajstić information content (AvgIpc) is 2.37. The van der Waals surface area contributed by atoms with Gasteiger partial charge in [0, 0.05) is 15.1 Å². The van der Waals surface area contributed by atoms with Crippen molar-refractivity contribution >= 4 is 33.4 Å². The van der Waals surface area contributed by atoms with Crippen LogP contribution >= 0.6 is 27.5 Å². The molecule has 0 heterocycles. The van der Waals surface area contributed by atoms with Gasteiger partial charge in [0.05, 0.1) is 6.04 Å². The second-order valence-corrected chi connectivity index (χ2v) is 6.06. The van der Waals surface area contributed by atoms with E-state index in [1.807, 2.05) is 38.1 Å². The summed E-state index contributed by atoms with van der Waals surface area (Å²) in [5.74, 6) is -0.135. The van der Waals surface area contributed by atoms with E-state index in [1.165, 1.54) is 0 Å². The molecule has 0 aliphatic heterocycles. The first-order valence-electron chi connectivity index (χ1n) is 6.30. The van der Waals surface area contributed by atoms with Gasteiger partial charge in [0.25, 0.3) is 5.91 Å². The van der Waals surface area contributed by atoms with Crippen molar-refractivity contribution < 1.29 is 4.79 Å². The van der Waals surface area contributed by atoms with Crippen LogP contribution in [0.15, 0.2) is 46.9 Å². The van der Waals surface area contributed by atoms with Gasteiger partial charge in [0.1, 0.15) is 0 Å². The Bertz CT molecular complexity index is 622. The standard InChI is InChI=1S/C16H15BrClNO/c1-10-5-3-4-6-15(10)11(2)19-16(20)12-7-13(17)9-14(18)8-12/h3-9,11H,1-2H3,(H,19,20). The molecule has 0 aromatic heterocycles. The second-order valence-electron chi connectivity index (χ2n) is 4.71. The first-order chi connectivity index (χ1) is 9.47. The summed E-state index contributed by atoms with van der Waals surface area (Å²) in [5, 5.41) is 3.52. The van der Waals surface area contributed by atoms with Crippen LogP contribution in [0.5, 0.6) is 0 Å². The molecule has 0 bridgehead atoms. The first-order valence-corrected chi connectivity index (χ1v) is 7.47. The Kier molecular flexibility index (Phi) is 4.84. The molecule has 0 saturated carbocycles. The Hall–Kier alpha value is -1.32. The molecule has 1 unspecified atom stereocenters. The molecule has 2 nitrogen and oxygen atoms in total. The van der Waals surface area contributed by atoms with Crippen LogP contribution in [0, 0.1) is 6.92 Å². The van der Waals surface area contributed by atoms with Crippen LogP contribution in [0.2, 0.25) is 5.02 Å². The molecule has 2 rings (SSSR count). The van der Waals surface area contributed by atoms with Crippen LogP contribution in [0.25, 0.3) is 0 Å². The minimum atomic E-state index is -0.135. The van der Waals surface area contributed by atoms with Gasteiger partial charge in [-0.3, -0.25) is 4.79 Å². The van der Waals surface area contributed by atoms with Crippen LogP contribution in [-0.2, 0) is 0 Å². The lowest BCUT2D eigenvalue weighted by molar-refractivity contribution is 0.0940. The highest BCUT2D eigenvalue weighted by Crippen LogP contribution is 2.21. The van der Waals surface area contributed by atoms with Crippen LogP contribution < -0.4 is 5.32 Å². The summed E-state index contributed by atoms with van der Waals surface area (Å²) in [7, 11) is 0. The van der Waals surface area contributed by atoms with Crippen molar-refractivity contribution in [2.75, 3.05) is 0 Å². The molecular weight excluding hydrogens is 338 g/mol. The van der Waals surface area contributed by atoms with Gasteiger partial charge in [0.2, 0.25) is 0 Å². The highest BCUT2D eigenvalue weighted by Gasteiger charge is 2.13. The van der Waals surface area contributed by atoms with Crippen molar-refractivity contribution in [3.05, 3.63) is 68.7 Å². The highest BCUT2D eigenvalue weighted by molar-refractivity contribution is 9.10. The van der Waals surface area contributed by atoms with E-state index in [2.05, 4.69) is 21.2 Å². The molecular formula is C16H15BrClNO. The van der Waals surface area contributed by atoms with Crippen LogP contribution in [-0.4, -0.2) is 5.91 Å². The Morgan fingerprint density at radius 1 is 1.25 bits per heavy atom. The fourth-order valence-electron chi connectivity index (χ4n) is 2.12. The number of hydrogen-bond donors (Lipinski definition) is 1. The lowest BCUT2D eigenvalue weighted by Gasteiger charge is -2.16. The van der Waals surface area contributed by atoms with Crippen LogP contribution in [0.1, 0.15) is 34.5 Å². The van der Waals surface area contributed by atoms with E-state index < -0.39 is 0 Å². The third-order valence-corrected chi connectivity index (χ3v) is 3.80. The monoisotopic (exact) mass is 351 g/mol. The SMILES string of the molecule is Cc1ccccc1C(C)NC(=O)c1cc(Cl)cc(Br)c1. The van der Waals surface area contributed by atoms with Gasteiger partial charge in [-0.1, -0.05) is 51.8 Å². The number of hydrogen-bond acceptors (Lipinski definition) is 1. The van der Waals surface area contributed by atoms with E-state index in [4.69, 9.17) is 11.6 Å². The van der Waals surface area contributed by atoms with Crippen LogP contribution in [0.3, 0.4) is 0 Å². The van der Waals surface area contributed by atoms with Gasteiger partial charge in [-0.05, 0) is 43.2 Å². The lowest BCUT2D eigenvalue weighted by Crippen LogP contribution is -2.27. The quantitative estimate of drug-likeness (QED) is 0.836. The molecule has 2 aromatic carbocycles. The normalized spacial score (nSPS) is 12.0. The molecule has 0 fully saturated rings. The maximum absolute atomic E-state index is 12.3. The molecule has 104 valence electrons. The van der Waals surface area contributed by atoms with Gasteiger partial charge in [-0.15, -0.1) is 0 Å². The number of carbonyl (C=O) groups excluding carboxylic acids is 1. The van der Waals surface area contributed by atoms with Gasteiger partial charge in [-0.25, -0.2) is 0 Å². The maximum atomic E-state index is 12.3. The molecule has 1 atom stereocenters. The van der Waals surface area contributed by atoms with Gasteiger partial charge in [0.15, 0.2) is 0 Å². The van der Waals surface area contributed by atoms with Crippen molar-refractivity contribution in [1.82, 2.24) is 5.32 Å². The summed E-state index contributed by atoms with van der Waals surface area (Å²) in [6.07, 6.45) is 0. The third-order valence-electron chi connectivity index (χ3n) is 3.13. The highest BCUT2D eigenvalue weighted by atomic mass is 79.9. The van der Waals surface area contributed by atoms with Crippen molar-refractivity contribution in [3.63, 3.8) is 0 Å². The number of halogens is 2. The Labute approximate surface area is 132 Å². The van der Waals surface area contributed by atoms with E-state index in [0.29, 0.717) is 10.6 Å². The smallest absolute Gasteiger partial charge is 0.251 e. The number of nitrogens with one attached hydrogen (secondary N) is 1. The minimum Gasteiger partial charge on any atom is -0.346 e. The van der Waals surface area contributed by atoms with Gasteiger partial charge < -0.3 is 5.32 Å². The summed E-state index contributed by atoms with van der Waals surface area (Å²) in [6, 6.07) is 13.1. The molecule has 0 spiro atoms. The number of benzene rings is 2. The number of carbonyl (C=O) groups is 1.